The number of hydrogen-bond donors (Lipinski definition) is 0. The van der Waals surface area contributed by atoms with E-state index in [-0.39, 0.29) is 5.41 Å². The van der Waals surface area contributed by atoms with Crippen LogP contribution in [0.5, 0.6) is 0 Å². The van der Waals surface area contributed by atoms with Crippen molar-refractivity contribution in [3.63, 3.8) is 0 Å². The molecule has 0 fully saturated rings. The van der Waals surface area contributed by atoms with Gasteiger partial charge >= 0.3 is 0 Å². The van der Waals surface area contributed by atoms with Gasteiger partial charge in [0.15, 0.2) is 0 Å². The van der Waals surface area contributed by atoms with E-state index in [9.17, 15) is 0 Å². The summed E-state index contributed by atoms with van der Waals surface area (Å²) in [6, 6.07) is 22.6. The summed E-state index contributed by atoms with van der Waals surface area (Å²) in [4.78, 5) is 22.0. The summed E-state index contributed by atoms with van der Waals surface area (Å²) in [5.74, 6) is 0. The van der Waals surface area contributed by atoms with Crippen LogP contribution in [-0.2, 0) is 43.9 Å². The van der Waals surface area contributed by atoms with Gasteiger partial charge in [-0.3, -0.25) is 0 Å². The molecular weight excluding hydrogens is 1250 g/mol. The molecule has 0 atom stereocenters. The zero-order valence-corrected chi connectivity index (χ0v) is 62.5. The molecule has 0 saturated carbocycles. The smallest absolute Gasteiger partial charge is 0.0704 e. The fourth-order valence-corrected chi connectivity index (χ4v) is 24.4. The second kappa shape index (κ2) is 35.7. The summed E-state index contributed by atoms with van der Waals surface area (Å²) < 4.78 is 0. The molecule has 0 nitrogen and oxygen atoms in total. The lowest BCUT2D eigenvalue weighted by Gasteiger charge is -2.26. The van der Waals surface area contributed by atoms with E-state index < -0.39 is 0 Å². The molecule has 0 saturated heterocycles. The van der Waals surface area contributed by atoms with Crippen LogP contribution in [0.3, 0.4) is 0 Å². The van der Waals surface area contributed by atoms with E-state index in [0.717, 1.165) is 38.5 Å². The highest BCUT2D eigenvalue weighted by Crippen LogP contribution is 2.56. The second-order valence-electron chi connectivity index (χ2n) is 25.0. The quantitative estimate of drug-likeness (QED) is 0.0335. The summed E-state index contributed by atoms with van der Waals surface area (Å²) in [5.41, 5.74) is 13.1. The molecule has 0 N–H and O–H groups in total. The van der Waals surface area contributed by atoms with Crippen molar-refractivity contribution in [1.82, 2.24) is 0 Å². The molecule has 0 aromatic carbocycles. The summed E-state index contributed by atoms with van der Waals surface area (Å²) in [6.45, 7) is 29.3. The minimum Gasteiger partial charge on any atom is -0.142 e. The van der Waals surface area contributed by atoms with Gasteiger partial charge in [0.05, 0.1) is 5.41 Å². The second-order valence-corrected chi connectivity index (χ2v) is 34.0. The van der Waals surface area contributed by atoms with Crippen LogP contribution in [0.1, 0.15) is 267 Å². The molecular formula is C80H102S9. The predicted octanol–water partition coefficient (Wildman–Crippen LogP) is 30.3. The van der Waals surface area contributed by atoms with Crippen LogP contribution < -0.4 is 0 Å². The molecule has 0 aliphatic carbocycles. The van der Waals surface area contributed by atoms with Crippen LogP contribution >= 0.6 is 102 Å². The Morgan fingerprint density at radius 3 is 0.719 bits per heavy atom. The number of rotatable bonds is 42. The Hall–Kier alpha value is -3.48. The zero-order valence-electron chi connectivity index (χ0n) is 55.2. The van der Waals surface area contributed by atoms with Crippen LogP contribution in [0.25, 0.3) is 76.8 Å². The van der Waals surface area contributed by atoms with Gasteiger partial charge in [-0.25, -0.2) is 0 Å². The Morgan fingerprint density at radius 1 is 0.292 bits per heavy atom. The fourth-order valence-electron chi connectivity index (χ4n) is 12.9. The van der Waals surface area contributed by atoms with E-state index >= 15 is 0 Å². The predicted molar refractivity (Wildman–Crippen MR) is 416 cm³/mol. The Balaban J connectivity index is 1.23. The summed E-state index contributed by atoms with van der Waals surface area (Å²) in [7, 11) is 0. The summed E-state index contributed by atoms with van der Waals surface area (Å²) in [5, 5.41) is 6.93. The minimum absolute atomic E-state index is 0.375. The molecule has 0 aliphatic heterocycles. The third-order valence-corrected chi connectivity index (χ3v) is 29.9. The number of thiophene rings is 9. The molecule has 0 amide bonds. The maximum Gasteiger partial charge on any atom is 0.0704 e. The molecule has 0 bridgehead atoms. The van der Waals surface area contributed by atoms with E-state index in [1.165, 1.54) is 244 Å². The Morgan fingerprint density at radius 2 is 0.517 bits per heavy atom. The van der Waals surface area contributed by atoms with Gasteiger partial charge in [-0.15, -0.1) is 102 Å². The standard InChI is InChI=1S/C80H102S9/c1-11-20-26-32-38-59-62(41-35-29-23-14-4)77(68-50-56(17-7)53-81-68)87-74(59)65-44-47-71(84-65)80(10,72-48-45-66(85-72)75-60(39-33-27-21-12-2)63(42-36-30-24-15-5)78(88-75)69-51-57(18-8)54-82-69)73-49-46-67(86-73)76-61(40-34-28-22-13-3)64(43-37-31-25-16-6)79(89-76)70-52-58(19-9)55-83-70/h17-19,44-55H,7-9,11-16,20-43H2,1-6,10H3. The van der Waals surface area contributed by atoms with E-state index in [2.05, 4.69) is 207 Å². The van der Waals surface area contributed by atoms with E-state index in [4.69, 9.17) is 0 Å². The highest BCUT2D eigenvalue weighted by Gasteiger charge is 2.38. The van der Waals surface area contributed by atoms with Crippen molar-refractivity contribution in [3.05, 3.63) is 155 Å². The Kier molecular flexibility index (Phi) is 28.0. The monoisotopic (exact) mass is 1350 g/mol. The molecule has 9 rings (SSSR count). The number of hydrogen-bond acceptors (Lipinski definition) is 9. The SMILES string of the molecule is C=Cc1csc(-c2sc(-c3ccc(C(C)(c4ccc(-c5sc(-c6cc(C=C)cs6)c(CCCCCC)c5CCCCCC)s4)c4ccc(-c5sc(-c6cc(C=C)cs6)c(CCCCCC)c5CCCCCC)s4)s3)c(CCCCCC)c2CCCCCC)c1. The van der Waals surface area contributed by atoms with Crippen LogP contribution in [0.15, 0.2) is 90.5 Å². The van der Waals surface area contributed by atoms with Gasteiger partial charge < -0.3 is 0 Å². The van der Waals surface area contributed by atoms with E-state index in [1.54, 1.807) is 33.4 Å². The third-order valence-electron chi connectivity index (χ3n) is 18.2. The van der Waals surface area contributed by atoms with Crippen molar-refractivity contribution in [2.75, 3.05) is 0 Å². The van der Waals surface area contributed by atoms with Crippen LogP contribution in [0.4, 0.5) is 0 Å². The highest BCUT2D eigenvalue weighted by molar-refractivity contribution is 7.29. The van der Waals surface area contributed by atoms with E-state index in [1.807, 2.05) is 52.2 Å². The molecule has 9 heterocycles. The number of unbranched alkanes of at least 4 members (excludes halogenated alkanes) is 18. The molecule has 9 heteroatoms. The lowest BCUT2D eigenvalue weighted by Crippen LogP contribution is -2.21. The van der Waals surface area contributed by atoms with Crippen molar-refractivity contribution in [2.45, 2.75) is 247 Å². The Labute approximate surface area is 575 Å². The average Bonchev–Trinajstić information content (AvgIpc) is 1.66. The molecule has 9 aromatic heterocycles. The molecule has 0 unspecified atom stereocenters. The fraction of sp³-hybridized carbons (Fsp3) is 0.475. The maximum absolute atomic E-state index is 4.20. The normalized spacial score (nSPS) is 11.9. The van der Waals surface area contributed by atoms with Crippen molar-refractivity contribution < 1.29 is 0 Å². The first-order valence-corrected chi connectivity index (χ1v) is 42.1. The summed E-state index contributed by atoms with van der Waals surface area (Å²) >= 11 is 18.3. The van der Waals surface area contributed by atoms with Crippen LogP contribution in [-0.4, -0.2) is 0 Å². The highest BCUT2D eigenvalue weighted by atomic mass is 32.1. The van der Waals surface area contributed by atoms with Gasteiger partial charge in [-0.2, -0.15) is 0 Å². The van der Waals surface area contributed by atoms with Crippen molar-refractivity contribution in [2.24, 2.45) is 0 Å². The van der Waals surface area contributed by atoms with Crippen LogP contribution in [0, 0.1) is 0 Å². The third kappa shape index (κ3) is 17.3. The van der Waals surface area contributed by atoms with Gasteiger partial charge in [-0.1, -0.05) is 195 Å². The molecule has 9 aromatic rings. The van der Waals surface area contributed by atoms with Crippen molar-refractivity contribution >= 4 is 120 Å². The first kappa shape index (κ1) is 69.9. The molecule has 476 valence electrons. The van der Waals surface area contributed by atoms with Gasteiger partial charge in [-0.05, 0) is 205 Å². The van der Waals surface area contributed by atoms with E-state index in [0.29, 0.717) is 0 Å². The molecule has 0 aliphatic rings. The first-order chi connectivity index (χ1) is 43.7. The molecule has 0 radical (unpaired) electrons. The first-order valence-electron chi connectivity index (χ1n) is 34.6. The summed E-state index contributed by atoms with van der Waals surface area (Å²) in [6.07, 6.45) is 43.6. The van der Waals surface area contributed by atoms with Gasteiger partial charge in [0.25, 0.3) is 0 Å². The maximum atomic E-state index is 4.20. The van der Waals surface area contributed by atoms with Gasteiger partial charge in [0, 0.05) is 73.2 Å². The zero-order chi connectivity index (χ0) is 62.5. The van der Waals surface area contributed by atoms with Gasteiger partial charge in [0.1, 0.15) is 0 Å². The minimum atomic E-state index is -0.375. The largest absolute Gasteiger partial charge is 0.142 e. The average molecular weight is 1350 g/mol. The van der Waals surface area contributed by atoms with Gasteiger partial charge in [0.2, 0.25) is 0 Å². The topological polar surface area (TPSA) is 0 Å². The lowest BCUT2D eigenvalue weighted by molar-refractivity contribution is 0.653. The van der Waals surface area contributed by atoms with Crippen molar-refractivity contribution in [1.29, 1.82) is 0 Å². The molecule has 0 spiro atoms. The lowest BCUT2D eigenvalue weighted by atomic mass is 9.85. The Bertz CT molecular complexity index is 3230. The van der Waals surface area contributed by atoms with Crippen molar-refractivity contribution in [3.8, 4) is 58.5 Å². The molecule has 89 heavy (non-hydrogen) atoms. The van der Waals surface area contributed by atoms with Crippen LogP contribution in [0.2, 0.25) is 0 Å².